The molecule has 0 fully saturated rings. The second-order valence-electron chi connectivity index (χ2n) is 3.41. The molecular weight excluding hydrogens is 229 g/mol. The van der Waals surface area contributed by atoms with Gasteiger partial charge in [0, 0.05) is 12.8 Å². The van der Waals surface area contributed by atoms with Crippen LogP contribution in [0, 0.1) is 18.2 Å². The van der Waals surface area contributed by atoms with E-state index in [4.69, 9.17) is 23.8 Å². The standard InChI is InChI=1S/C12H11ClFNO/c1-2-3-11(15)12(16)7-8-4-5-9(13)10(14)6-8/h1,4-6,11H,3,7,15H2. The molecule has 0 saturated heterocycles. The Bertz CT molecular complexity index is 439. The molecule has 0 aliphatic carbocycles. The lowest BCUT2D eigenvalue weighted by Crippen LogP contribution is -2.31. The van der Waals surface area contributed by atoms with E-state index < -0.39 is 11.9 Å². The maximum Gasteiger partial charge on any atom is 0.154 e. The highest BCUT2D eigenvalue weighted by molar-refractivity contribution is 6.30. The number of terminal acetylenes is 1. The molecule has 0 spiro atoms. The molecule has 1 unspecified atom stereocenters. The van der Waals surface area contributed by atoms with Gasteiger partial charge in [0.1, 0.15) is 5.82 Å². The number of carbonyl (C=O) groups is 1. The second kappa shape index (κ2) is 5.64. The Morgan fingerprint density at radius 1 is 1.62 bits per heavy atom. The molecule has 0 aliphatic rings. The minimum atomic E-state index is -0.691. The zero-order valence-corrected chi connectivity index (χ0v) is 9.30. The third-order valence-corrected chi connectivity index (χ3v) is 2.42. The van der Waals surface area contributed by atoms with Crippen molar-refractivity contribution in [3.8, 4) is 12.3 Å². The van der Waals surface area contributed by atoms with E-state index in [-0.39, 0.29) is 23.6 Å². The highest BCUT2D eigenvalue weighted by Crippen LogP contribution is 2.16. The molecule has 2 N–H and O–H groups in total. The van der Waals surface area contributed by atoms with E-state index in [1.807, 2.05) is 0 Å². The number of halogens is 2. The number of rotatable bonds is 4. The summed E-state index contributed by atoms with van der Waals surface area (Å²) in [4.78, 5) is 11.5. The summed E-state index contributed by atoms with van der Waals surface area (Å²) in [5.74, 6) is 1.56. The molecule has 2 nitrogen and oxygen atoms in total. The van der Waals surface area contributed by atoms with Gasteiger partial charge in [-0.3, -0.25) is 4.79 Å². The van der Waals surface area contributed by atoms with Crippen molar-refractivity contribution in [2.75, 3.05) is 0 Å². The lowest BCUT2D eigenvalue weighted by atomic mass is 10.0. The van der Waals surface area contributed by atoms with Crippen molar-refractivity contribution in [2.45, 2.75) is 18.9 Å². The average molecular weight is 240 g/mol. The predicted molar refractivity (Wildman–Crippen MR) is 61.5 cm³/mol. The lowest BCUT2D eigenvalue weighted by molar-refractivity contribution is -0.119. The summed E-state index contributed by atoms with van der Waals surface area (Å²) in [5.41, 5.74) is 6.07. The molecule has 0 bridgehead atoms. The van der Waals surface area contributed by atoms with E-state index in [1.165, 1.54) is 12.1 Å². The van der Waals surface area contributed by atoms with Gasteiger partial charge in [-0.2, -0.15) is 0 Å². The van der Waals surface area contributed by atoms with Crippen molar-refractivity contribution in [2.24, 2.45) is 5.73 Å². The molecule has 84 valence electrons. The zero-order valence-electron chi connectivity index (χ0n) is 8.54. The Balaban J connectivity index is 2.70. The summed E-state index contributed by atoms with van der Waals surface area (Å²) in [7, 11) is 0. The van der Waals surface area contributed by atoms with Gasteiger partial charge < -0.3 is 5.73 Å². The third-order valence-electron chi connectivity index (χ3n) is 2.11. The number of benzene rings is 1. The molecule has 0 aliphatic heterocycles. The van der Waals surface area contributed by atoms with Crippen molar-refractivity contribution >= 4 is 17.4 Å². The van der Waals surface area contributed by atoms with E-state index in [1.54, 1.807) is 6.07 Å². The fraction of sp³-hybridized carbons (Fsp3) is 0.250. The van der Waals surface area contributed by atoms with Crippen molar-refractivity contribution in [3.63, 3.8) is 0 Å². The van der Waals surface area contributed by atoms with Gasteiger partial charge in [-0.15, -0.1) is 12.3 Å². The summed E-state index contributed by atoms with van der Waals surface area (Å²) in [6.45, 7) is 0. The van der Waals surface area contributed by atoms with Crippen LogP contribution < -0.4 is 5.73 Å². The topological polar surface area (TPSA) is 43.1 Å². The average Bonchev–Trinajstić information content (AvgIpc) is 2.24. The molecule has 1 aromatic rings. The monoisotopic (exact) mass is 239 g/mol. The molecule has 1 aromatic carbocycles. The Morgan fingerprint density at radius 2 is 2.31 bits per heavy atom. The second-order valence-corrected chi connectivity index (χ2v) is 3.81. The number of carbonyl (C=O) groups excluding carboxylic acids is 1. The number of ketones is 1. The Morgan fingerprint density at radius 3 is 2.88 bits per heavy atom. The van der Waals surface area contributed by atoms with Crippen LogP contribution >= 0.6 is 11.6 Å². The first kappa shape index (κ1) is 12.7. The molecule has 1 atom stereocenters. The number of hydrogen-bond acceptors (Lipinski definition) is 2. The van der Waals surface area contributed by atoms with Crippen molar-refractivity contribution < 1.29 is 9.18 Å². The molecule has 0 aromatic heterocycles. The molecule has 0 heterocycles. The van der Waals surface area contributed by atoms with Gasteiger partial charge in [0.15, 0.2) is 5.78 Å². The fourth-order valence-electron chi connectivity index (χ4n) is 1.22. The first-order valence-electron chi connectivity index (χ1n) is 4.70. The van der Waals surface area contributed by atoms with Gasteiger partial charge in [0.05, 0.1) is 11.1 Å². The van der Waals surface area contributed by atoms with Crippen LogP contribution in [0.15, 0.2) is 18.2 Å². The Hall–Kier alpha value is -1.37. The minimum Gasteiger partial charge on any atom is -0.321 e. The molecule has 4 heteroatoms. The highest BCUT2D eigenvalue weighted by Gasteiger charge is 2.13. The SMILES string of the molecule is C#CCC(N)C(=O)Cc1ccc(Cl)c(F)c1. The summed E-state index contributed by atoms with van der Waals surface area (Å²) in [5, 5.41) is 0.0316. The van der Waals surface area contributed by atoms with Crippen LogP contribution in [0.4, 0.5) is 4.39 Å². The maximum atomic E-state index is 13.1. The number of hydrogen-bond donors (Lipinski definition) is 1. The van der Waals surface area contributed by atoms with E-state index >= 15 is 0 Å². The maximum absolute atomic E-state index is 13.1. The lowest BCUT2D eigenvalue weighted by Gasteiger charge is -2.07. The largest absolute Gasteiger partial charge is 0.321 e. The van der Waals surface area contributed by atoms with Gasteiger partial charge >= 0.3 is 0 Å². The zero-order chi connectivity index (χ0) is 12.1. The van der Waals surface area contributed by atoms with Crippen LogP contribution in [0.2, 0.25) is 5.02 Å². The molecule has 16 heavy (non-hydrogen) atoms. The molecular formula is C12H11ClFNO. The van der Waals surface area contributed by atoms with E-state index in [2.05, 4.69) is 5.92 Å². The summed E-state index contributed by atoms with van der Waals surface area (Å²) >= 11 is 5.52. The molecule has 0 saturated carbocycles. The van der Waals surface area contributed by atoms with Crippen LogP contribution in [0.3, 0.4) is 0 Å². The van der Waals surface area contributed by atoms with Gasteiger partial charge in [-0.05, 0) is 17.7 Å². The number of Topliss-reactive ketones (excluding diaryl/α,β-unsaturated/α-hetero) is 1. The smallest absolute Gasteiger partial charge is 0.154 e. The molecule has 0 radical (unpaired) electrons. The summed E-state index contributed by atoms with van der Waals surface area (Å²) in [6, 6.07) is 3.53. The summed E-state index contributed by atoms with van der Waals surface area (Å²) < 4.78 is 13.1. The van der Waals surface area contributed by atoms with Gasteiger partial charge in [0.2, 0.25) is 0 Å². The van der Waals surface area contributed by atoms with Gasteiger partial charge in [-0.1, -0.05) is 17.7 Å². The first-order chi connectivity index (χ1) is 7.54. The fourth-order valence-corrected chi connectivity index (χ4v) is 1.34. The van der Waals surface area contributed by atoms with Crippen LogP contribution in [-0.4, -0.2) is 11.8 Å². The van der Waals surface area contributed by atoms with Crippen LogP contribution in [0.25, 0.3) is 0 Å². The highest BCUT2D eigenvalue weighted by atomic mass is 35.5. The van der Waals surface area contributed by atoms with Crippen molar-refractivity contribution in [1.29, 1.82) is 0 Å². The number of nitrogens with two attached hydrogens (primary N) is 1. The minimum absolute atomic E-state index is 0.0316. The van der Waals surface area contributed by atoms with Crippen molar-refractivity contribution in [3.05, 3.63) is 34.6 Å². The Labute approximate surface area is 98.6 Å². The predicted octanol–water partition coefficient (Wildman–Crippen LogP) is 1.94. The van der Waals surface area contributed by atoms with Gasteiger partial charge in [-0.25, -0.2) is 4.39 Å². The van der Waals surface area contributed by atoms with E-state index in [0.717, 1.165) is 0 Å². The van der Waals surface area contributed by atoms with Crippen LogP contribution in [-0.2, 0) is 11.2 Å². The quantitative estimate of drug-likeness (QED) is 0.816. The Kier molecular flexibility index (Phi) is 4.48. The molecule has 0 amide bonds. The van der Waals surface area contributed by atoms with Gasteiger partial charge in [0.25, 0.3) is 0 Å². The van der Waals surface area contributed by atoms with E-state index in [9.17, 15) is 9.18 Å². The normalized spacial score (nSPS) is 11.9. The van der Waals surface area contributed by atoms with Crippen LogP contribution in [0.5, 0.6) is 0 Å². The van der Waals surface area contributed by atoms with Crippen LogP contribution in [0.1, 0.15) is 12.0 Å². The van der Waals surface area contributed by atoms with E-state index in [0.29, 0.717) is 5.56 Å². The molecule has 1 rings (SSSR count). The summed E-state index contributed by atoms with van der Waals surface area (Å²) in [6.07, 6.45) is 5.30. The van der Waals surface area contributed by atoms with Crippen molar-refractivity contribution in [1.82, 2.24) is 0 Å². The first-order valence-corrected chi connectivity index (χ1v) is 5.08. The third kappa shape index (κ3) is 3.34.